The van der Waals surface area contributed by atoms with E-state index in [4.69, 9.17) is 4.74 Å². The Kier molecular flexibility index (Phi) is 5.50. The van der Waals surface area contributed by atoms with E-state index in [9.17, 15) is 14.4 Å². The summed E-state index contributed by atoms with van der Waals surface area (Å²) in [6.07, 6.45) is 9.50. The SMILES string of the molecule is CC(=O)O[C@H]1CC[C@]2(C)[C@H]3C(=O)C=C4[C@@H]5CC(C)(C)CC[C@@]5(C)CC[C@@]4(C)[C@]3(C)CC(=O)[C@H]2C1(C)C. The number of hydrogen-bond acceptors (Lipinski definition) is 4. The molecule has 0 bridgehead atoms. The molecule has 4 nitrogen and oxygen atoms in total. The van der Waals surface area contributed by atoms with Crippen LogP contribution in [0.1, 0.15) is 114 Å². The number of rotatable bonds is 1. The van der Waals surface area contributed by atoms with Crippen molar-refractivity contribution in [1.82, 2.24) is 0 Å². The maximum atomic E-state index is 14.3. The summed E-state index contributed by atoms with van der Waals surface area (Å²) in [5, 5.41) is 0. The van der Waals surface area contributed by atoms with Gasteiger partial charge in [-0.25, -0.2) is 0 Å². The molecular weight excluding hydrogens is 448 g/mol. The molecule has 0 aromatic carbocycles. The van der Waals surface area contributed by atoms with Crippen molar-refractivity contribution in [3.05, 3.63) is 11.6 Å². The van der Waals surface area contributed by atoms with Crippen LogP contribution in [0.5, 0.6) is 0 Å². The molecule has 5 rings (SSSR count). The minimum absolute atomic E-state index is 0.149. The van der Waals surface area contributed by atoms with Gasteiger partial charge >= 0.3 is 5.97 Å². The quantitative estimate of drug-likeness (QED) is 0.363. The lowest BCUT2D eigenvalue weighted by Crippen LogP contribution is -2.69. The Hall–Kier alpha value is -1.45. The highest BCUT2D eigenvalue weighted by atomic mass is 16.5. The molecule has 0 heterocycles. The molecule has 0 unspecified atom stereocenters. The highest BCUT2D eigenvalue weighted by Crippen LogP contribution is 2.74. The minimum atomic E-state index is -0.499. The van der Waals surface area contributed by atoms with E-state index in [1.807, 2.05) is 0 Å². The summed E-state index contributed by atoms with van der Waals surface area (Å²) < 4.78 is 5.74. The van der Waals surface area contributed by atoms with Crippen LogP contribution in [-0.4, -0.2) is 23.6 Å². The summed E-state index contributed by atoms with van der Waals surface area (Å²) >= 11 is 0. The second-order valence-corrected chi connectivity index (χ2v) is 15.8. The van der Waals surface area contributed by atoms with Crippen LogP contribution in [0.2, 0.25) is 0 Å². The van der Waals surface area contributed by atoms with E-state index in [1.165, 1.54) is 31.8 Å². The second-order valence-electron chi connectivity index (χ2n) is 15.8. The Morgan fingerprint density at radius 1 is 0.889 bits per heavy atom. The summed E-state index contributed by atoms with van der Waals surface area (Å²) in [7, 11) is 0. The first-order valence-electron chi connectivity index (χ1n) is 14.4. The molecular formula is C32H48O4. The van der Waals surface area contributed by atoms with Gasteiger partial charge in [-0.3, -0.25) is 14.4 Å². The third-order valence-electron chi connectivity index (χ3n) is 12.7. The van der Waals surface area contributed by atoms with E-state index >= 15 is 0 Å². The summed E-state index contributed by atoms with van der Waals surface area (Å²) in [6, 6.07) is 0. The van der Waals surface area contributed by atoms with Gasteiger partial charge < -0.3 is 4.74 Å². The zero-order valence-electron chi connectivity index (χ0n) is 24.2. The van der Waals surface area contributed by atoms with Crippen molar-refractivity contribution in [3.8, 4) is 0 Å². The van der Waals surface area contributed by atoms with Crippen molar-refractivity contribution >= 4 is 17.5 Å². The summed E-state index contributed by atoms with van der Waals surface area (Å²) in [6.45, 7) is 19.7. The number of carbonyl (C=O) groups is 3. The Morgan fingerprint density at radius 2 is 1.53 bits per heavy atom. The van der Waals surface area contributed by atoms with Crippen LogP contribution in [-0.2, 0) is 19.1 Å². The number of esters is 1. The molecule has 0 aromatic heterocycles. The number of carbonyl (C=O) groups excluding carboxylic acids is 3. The number of Topliss-reactive ketones (excluding diaryl/α,β-unsaturated/α-hetero) is 1. The molecule has 200 valence electrons. The van der Waals surface area contributed by atoms with Crippen LogP contribution in [0.25, 0.3) is 0 Å². The topological polar surface area (TPSA) is 60.4 Å². The van der Waals surface area contributed by atoms with Crippen LogP contribution < -0.4 is 0 Å². The average Bonchev–Trinajstić information content (AvgIpc) is 2.72. The van der Waals surface area contributed by atoms with Crippen molar-refractivity contribution in [3.63, 3.8) is 0 Å². The third-order valence-corrected chi connectivity index (χ3v) is 12.7. The fourth-order valence-electron chi connectivity index (χ4n) is 10.6. The van der Waals surface area contributed by atoms with Gasteiger partial charge in [0.2, 0.25) is 0 Å². The fourth-order valence-corrected chi connectivity index (χ4v) is 10.6. The molecule has 5 aliphatic carbocycles. The predicted molar refractivity (Wildman–Crippen MR) is 141 cm³/mol. The number of hydrogen-bond donors (Lipinski definition) is 0. The molecule has 0 aliphatic heterocycles. The predicted octanol–water partition coefficient (Wildman–Crippen LogP) is 7.10. The summed E-state index contributed by atoms with van der Waals surface area (Å²) in [5.74, 6) is 0.175. The van der Waals surface area contributed by atoms with Gasteiger partial charge in [0.25, 0.3) is 0 Å². The maximum absolute atomic E-state index is 14.3. The average molecular weight is 497 g/mol. The van der Waals surface area contributed by atoms with E-state index < -0.39 is 10.8 Å². The standard InChI is InChI=1S/C32H48O4/c1-19(33)36-24-10-11-30(7)25(28(24,4)5)23(35)18-32(9)26(30)22(34)16-20-21-17-27(2,3)12-13-29(21,6)14-15-31(20,32)8/h16,21,24-26H,10-15,17-18H2,1-9H3/t21-,24-,25-,26+,29-,30-,31+,32+/m0/s1. The van der Waals surface area contributed by atoms with E-state index in [0.29, 0.717) is 18.8 Å². The maximum Gasteiger partial charge on any atom is 0.302 e. The number of fused-ring (bicyclic) bond motifs is 7. The highest BCUT2D eigenvalue weighted by molar-refractivity contribution is 5.99. The molecule has 0 amide bonds. The van der Waals surface area contributed by atoms with Crippen molar-refractivity contribution in [2.24, 2.45) is 50.2 Å². The van der Waals surface area contributed by atoms with E-state index in [-0.39, 0.29) is 57.1 Å². The van der Waals surface area contributed by atoms with Gasteiger partial charge in [0.15, 0.2) is 5.78 Å². The molecule has 36 heavy (non-hydrogen) atoms. The number of ketones is 2. The minimum Gasteiger partial charge on any atom is -0.462 e. The van der Waals surface area contributed by atoms with Crippen molar-refractivity contribution in [2.75, 3.05) is 0 Å². The first-order chi connectivity index (χ1) is 16.4. The molecule has 8 atom stereocenters. The fraction of sp³-hybridized carbons (Fsp3) is 0.844. The van der Waals surface area contributed by atoms with Crippen molar-refractivity contribution in [1.29, 1.82) is 0 Å². The molecule has 0 spiro atoms. The lowest BCUT2D eigenvalue weighted by atomic mass is 9.33. The van der Waals surface area contributed by atoms with Gasteiger partial charge in [-0.15, -0.1) is 0 Å². The van der Waals surface area contributed by atoms with Gasteiger partial charge in [0, 0.05) is 30.6 Å². The number of ether oxygens (including phenoxy) is 1. The molecule has 0 saturated heterocycles. The van der Waals surface area contributed by atoms with Crippen molar-refractivity contribution < 1.29 is 19.1 Å². The Labute approximate surface area is 218 Å². The van der Waals surface area contributed by atoms with Crippen LogP contribution in [0.15, 0.2) is 11.6 Å². The largest absolute Gasteiger partial charge is 0.462 e. The molecule has 0 N–H and O–H groups in total. The highest BCUT2D eigenvalue weighted by Gasteiger charge is 2.72. The Morgan fingerprint density at radius 3 is 2.17 bits per heavy atom. The van der Waals surface area contributed by atoms with Gasteiger partial charge in [0.1, 0.15) is 11.9 Å². The Balaban J connectivity index is 1.62. The lowest BCUT2D eigenvalue weighted by molar-refractivity contribution is -0.207. The van der Waals surface area contributed by atoms with E-state index in [1.54, 1.807) is 0 Å². The molecule has 0 aromatic rings. The molecule has 4 saturated carbocycles. The first kappa shape index (κ1) is 26.2. The lowest BCUT2D eigenvalue weighted by Gasteiger charge is -2.69. The number of allylic oxidation sites excluding steroid dienone is 2. The first-order valence-corrected chi connectivity index (χ1v) is 14.4. The zero-order valence-corrected chi connectivity index (χ0v) is 24.2. The van der Waals surface area contributed by atoms with E-state index in [0.717, 1.165) is 19.3 Å². The van der Waals surface area contributed by atoms with Gasteiger partial charge in [-0.2, -0.15) is 0 Å². The van der Waals surface area contributed by atoms with Crippen LogP contribution in [0, 0.1) is 50.2 Å². The van der Waals surface area contributed by atoms with Crippen LogP contribution in [0.3, 0.4) is 0 Å². The molecule has 4 fully saturated rings. The Bertz CT molecular complexity index is 1050. The monoisotopic (exact) mass is 496 g/mol. The zero-order chi connectivity index (χ0) is 26.7. The van der Waals surface area contributed by atoms with Crippen LogP contribution in [0.4, 0.5) is 0 Å². The van der Waals surface area contributed by atoms with Gasteiger partial charge in [-0.05, 0) is 84.0 Å². The molecule has 0 radical (unpaired) electrons. The summed E-state index contributed by atoms with van der Waals surface area (Å²) in [5.41, 5.74) is 0.422. The van der Waals surface area contributed by atoms with Gasteiger partial charge in [-0.1, -0.05) is 61.0 Å². The molecule has 5 aliphatic rings. The summed E-state index contributed by atoms with van der Waals surface area (Å²) in [4.78, 5) is 40.4. The normalized spacial score (nSPS) is 49.1. The smallest absolute Gasteiger partial charge is 0.302 e. The van der Waals surface area contributed by atoms with Crippen molar-refractivity contribution in [2.45, 2.75) is 120 Å². The van der Waals surface area contributed by atoms with Crippen LogP contribution >= 0.6 is 0 Å². The second kappa shape index (κ2) is 7.56. The molecule has 4 heteroatoms. The van der Waals surface area contributed by atoms with Gasteiger partial charge in [0.05, 0.1) is 0 Å². The van der Waals surface area contributed by atoms with E-state index in [2.05, 4.69) is 61.5 Å². The third kappa shape index (κ3) is 3.27.